The summed E-state index contributed by atoms with van der Waals surface area (Å²) in [4.78, 5) is 12.5. The zero-order valence-corrected chi connectivity index (χ0v) is 13.7. The van der Waals surface area contributed by atoms with Crippen LogP contribution in [0.4, 0.5) is 0 Å². The summed E-state index contributed by atoms with van der Waals surface area (Å²) in [5, 5.41) is 13.5. The van der Waals surface area contributed by atoms with Crippen molar-refractivity contribution in [2.24, 2.45) is 0 Å². The van der Waals surface area contributed by atoms with Crippen LogP contribution in [0.5, 0.6) is 5.75 Å². The van der Waals surface area contributed by atoms with Crippen LogP contribution in [-0.2, 0) is 11.3 Å². The fourth-order valence-corrected chi connectivity index (χ4v) is 2.47. The van der Waals surface area contributed by atoms with Gasteiger partial charge in [0.15, 0.2) is 0 Å². The molecule has 2 aromatic carbocycles. The molecule has 2 rings (SSSR count). The van der Waals surface area contributed by atoms with E-state index in [1.807, 2.05) is 61.5 Å². The Morgan fingerprint density at radius 1 is 1.17 bits per heavy atom. The molecule has 0 heterocycles. The van der Waals surface area contributed by atoms with E-state index in [2.05, 4.69) is 5.32 Å². The van der Waals surface area contributed by atoms with Crippen molar-refractivity contribution in [1.82, 2.24) is 5.32 Å². The predicted molar refractivity (Wildman–Crippen MR) is 90.3 cm³/mol. The fraction of sp³-hybridized carbons (Fsp3) is 0.316. The van der Waals surface area contributed by atoms with E-state index >= 15 is 0 Å². The number of para-hydroxylation sites is 1. The first kappa shape index (κ1) is 17.0. The Kier molecular flexibility index (Phi) is 5.40. The molecular weight excluding hydrogens is 290 g/mol. The highest BCUT2D eigenvalue weighted by atomic mass is 16.5. The molecule has 2 N–H and O–H groups in total. The zero-order valence-electron chi connectivity index (χ0n) is 13.7. The standard InChI is InChI=1S/C19H23NO3/c1-14(15-9-5-4-6-10-15)19(2,22)18(21)20-13-16-11-7-8-12-17(16)23-3/h4-12,14,22H,13H2,1-3H3,(H,20,21)/t14-,19-/m1/s1. The molecule has 0 saturated heterocycles. The fourth-order valence-electron chi connectivity index (χ4n) is 2.47. The quantitative estimate of drug-likeness (QED) is 0.862. The Balaban J connectivity index is 2.07. The molecule has 0 fully saturated rings. The van der Waals surface area contributed by atoms with Gasteiger partial charge in [0.2, 0.25) is 0 Å². The van der Waals surface area contributed by atoms with Crippen molar-refractivity contribution in [3.8, 4) is 5.75 Å². The van der Waals surface area contributed by atoms with Gasteiger partial charge in [0.25, 0.3) is 5.91 Å². The summed E-state index contributed by atoms with van der Waals surface area (Å²) in [6, 6.07) is 17.0. The lowest BCUT2D eigenvalue weighted by atomic mass is 9.84. The smallest absolute Gasteiger partial charge is 0.252 e. The second kappa shape index (κ2) is 7.29. The van der Waals surface area contributed by atoms with E-state index in [0.717, 1.165) is 11.1 Å². The van der Waals surface area contributed by atoms with Gasteiger partial charge in [0, 0.05) is 18.0 Å². The van der Waals surface area contributed by atoms with Crippen molar-refractivity contribution in [1.29, 1.82) is 0 Å². The molecule has 4 heteroatoms. The minimum absolute atomic E-state index is 0.306. The molecule has 0 aliphatic heterocycles. The number of methoxy groups -OCH3 is 1. The lowest BCUT2D eigenvalue weighted by Gasteiger charge is -2.29. The number of carbonyl (C=O) groups is 1. The average molecular weight is 313 g/mol. The largest absolute Gasteiger partial charge is 0.496 e. The Hall–Kier alpha value is -2.33. The summed E-state index contributed by atoms with van der Waals surface area (Å²) in [6.45, 7) is 3.70. The Labute approximate surface area is 137 Å². The summed E-state index contributed by atoms with van der Waals surface area (Å²) in [5.74, 6) is -0.00956. The first-order chi connectivity index (χ1) is 11.0. The van der Waals surface area contributed by atoms with Crippen molar-refractivity contribution in [2.45, 2.75) is 31.9 Å². The second-order valence-electron chi connectivity index (χ2n) is 5.77. The van der Waals surface area contributed by atoms with E-state index in [0.29, 0.717) is 12.3 Å². The van der Waals surface area contributed by atoms with Crippen molar-refractivity contribution >= 4 is 5.91 Å². The van der Waals surface area contributed by atoms with E-state index in [-0.39, 0.29) is 5.92 Å². The lowest BCUT2D eigenvalue weighted by molar-refractivity contribution is -0.140. The number of benzene rings is 2. The Morgan fingerprint density at radius 2 is 1.78 bits per heavy atom. The van der Waals surface area contributed by atoms with Crippen LogP contribution < -0.4 is 10.1 Å². The molecule has 2 aromatic rings. The molecule has 0 aliphatic carbocycles. The van der Waals surface area contributed by atoms with Crippen LogP contribution in [0.25, 0.3) is 0 Å². The summed E-state index contributed by atoms with van der Waals surface area (Å²) >= 11 is 0. The molecular formula is C19H23NO3. The first-order valence-electron chi connectivity index (χ1n) is 7.64. The number of nitrogens with one attached hydrogen (secondary N) is 1. The van der Waals surface area contributed by atoms with Gasteiger partial charge in [-0.25, -0.2) is 0 Å². The van der Waals surface area contributed by atoms with Crippen LogP contribution in [-0.4, -0.2) is 23.7 Å². The highest BCUT2D eigenvalue weighted by molar-refractivity contribution is 5.85. The Morgan fingerprint density at radius 3 is 2.43 bits per heavy atom. The van der Waals surface area contributed by atoms with Crippen LogP contribution in [0.3, 0.4) is 0 Å². The highest BCUT2D eigenvalue weighted by Gasteiger charge is 2.37. The van der Waals surface area contributed by atoms with E-state index in [9.17, 15) is 9.90 Å². The highest BCUT2D eigenvalue weighted by Crippen LogP contribution is 2.28. The van der Waals surface area contributed by atoms with Gasteiger partial charge in [-0.3, -0.25) is 4.79 Å². The number of carbonyl (C=O) groups excluding carboxylic acids is 1. The predicted octanol–water partition coefficient (Wildman–Crippen LogP) is 2.87. The third kappa shape index (κ3) is 3.90. The molecule has 2 atom stereocenters. The summed E-state index contributed by atoms with van der Waals surface area (Å²) in [6.07, 6.45) is 0. The van der Waals surface area contributed by atoms with Gasteiger partial charge < -0.3 is 15.2 Å². The minimum Gasteiger partial charge on any atom is -0.496 e. The van der Waals surface area contributed by atoms with Gasteiger partial charge in [-0.05, 0) is 18.6 Å². The first-order valence-corrected chi connectivity index (χ1v) is 7.64. The SMILES string of the molecule is COc1ccccc1CNC(=O)[C@](C)(O)[C@H](C)c1ccccc1. The summed E-state index contributed by atoms with van der Waals surface area (Å²) in [7, 11) is 1.59. The van der Waals surface area contributed by atoms with E-state index in [4.69, 9.17) is 4.74 Å². The topological polar surface area (TPSA) is 58.6 Å². The number of amides is 1. The van der Waals surface area contributed by atoms with Crippen molar-refractivity contribution in [3.05, 3.63) is 65.7 Å². The minimum atomic E-state index is -1.50. The van der Waals surface area contributed by atoms with Gasteiger partial charge >= 0.3 is 0 Å². The summed E-state index contributed by atoms with van der Waals surface area (Å²) < 4.78 is 5.27. The second-order valence-corrected chi connectivity index (χ2v) is 5.77. The molecule has 122 valence electrons. The molecule has 0 bridgehead atoms. The number of hydrogen-bond donors (Lipinski definition) is 2. The lowest BCUT2D eigenvalue weighted by Crippen LogP contribution is -2.47. The third-order valence-electron chi connectivity index (χ3n) is 4.23. The summed E-state index contributed by atoms with van der Waals surface area (Å²) in [5.41, 5.74) is 0.292. The normalized spacial score (nSPS) is 14.6. The number of ether oxygens (including phenoxy) is 1. The number of hydrogen-bond acceptors (Lipinski definition) is 3. The average Bonchev–Trinajstić information content (AvgIpc) is 2.59. The molecule has 23 heavy (non-hydrogen) atoms. The maximum absolute atomic E-state index is 12.5. The molecule has 4 nitrogen and oxygen atoms in total. The number of rotatable bonds is 6. The van der Waals surface area contributed by atoms with Crippen LogP contribution in [0.1, 0.15) is 30.9 Å². The molecule has 0 unspecified atom stereocenters. The molecule has 1 amide bonds. The zero-order chi connectivity index (χ0) is 16.9. The van der Waals surface area contributed by atoms with Gasteiger partial charge in [-0.2, -0.15) is 0 Å². The van der Waals surface area contributed by atoms with Gasteiger partial charge in [0.05, 0.1) is 7.11 Å². The molecule has 0 spiro atoms. The maximum Gasteiger partial charge on any atom is 0.252 e. The van der Waals surface area contributed by atoms with E-state index in [1.54, 1.807) is 14.0 Å². The van der Waals surface area contributed by atoms with E-state index in [1.165, 1.54) is 0 Å². The molecule has 0 radical (unpaired) electrons. The van der Waals surface area contributed by atoms with Gasteiger partial charge in [-0.15, -0.1) is 0 Å². The van der Waals surface area contributed by atoms with Crippen LogP contribution in [0.2, 0.25) is 0 Å². The molecule has 0 aliphatic rings. The third-order valence-corrected chi connectivity index (χ3v) is 4.23. The van der Waals surface area contributed by atoms with Crippen LogP contribution >= 0.6 is 0 Å². The molecule has 0 saturated carbocycles. The van der Waals surface area contributed by atoms with Crippen molar-refractivity contribution < 1.29 is 14.6 Å². The van der Waals surface area contributed by atoms with Crippen LogP contribution in [0, 0.1) is 0 Å². The van der Waals surface area contributed by atoms with Gasteiger partial charge in [0.1, 0.15) is 11.4 Å². The number of aliphatic hydroxyl groups is 1. The monoisotopic (exact) mass is 313 g/mol. The maximum atomic E-state index is 12.5. The molecule has 0 aromatic heterocycles. The van der Waals surface area contributed by atoms with E-state index < -0.39 is 11.5 Å². The van der Waals surface area contributed by atoms with Crippen molar-refractivity contribution in [2.75, 3.05) is 7.11 Å². The Bertz CT molecular complexity index is 653. The van der Waals surface area contributed by atoms with Crippen molar-refractivity contribution in [3.63, 3.8) is 0 Å². The van der Waals surface area contributed by atoms with Crippen LogP contribution in [0.15, 0.2) is 54.6 Å². The van der Waals surface area contributed by atoms with Gasteiger partial charge in [-0.1, -0.05) is 55.5 Å².